The first-order valence-electron chi connectivity index (χ1n) is 8.92. The summed E-state index contributed by atoms with van der Waals surface area (Å²) in [6, 6.07) is 1.77. The third kappa shape index (κ3) is 3.44. The van der Waals surface area contributed by atoms with Gasteiger partial charge in [-0.25, -0.2) is 14.2 Å². The van der Waals surface area contributed by atoms with Gasteiger partial charge in [0.2, 0.25) is 0 Å². The van der Waals surface area contributed by atoms with Crippen molar-refractivity contribution in [2.24, 2.45) is 7.05 Å². The Hall–Kier alpha value is -3.10. The molecule has 0 spiro atoms. The number of nitrogens with one attached hydrogen (secondary N) is 1. The van der Waals surface area contributed by atoms with Gasteiger partial charge in [-0.15, -0.1) is 0 Å². The van der Waals surface area contributed by atoms with Crippen molar-refractivity contribution >= 4 is 22.8 Å². The summed E-state index contributed by atoms with van der Waals surface area (Å²) in [6.45, 7) is 5.80. The van der Waals surface area contributed by atoms with Gasteiger partial charge in [0.15, 0.2) is 5.82 Å². The van der Waals surface area contributed by atoms with Crippen LogP contribution in [0.1, 0.15) is 13.8 Å². The number of amides is 1. The average Bonchev–Trinajstić information content (AvgIpc) is 3.27. The van der Waals surface area contributed by atoms with E-state index in [1.54, 1.807) is 36.4 Å². The Morgan fingerprint density at radius 1 is 1.26 bits per heavy atom. The van der Waals surface area contributed by atoms with Gasteiger partial charge in [0.25, 0.3) is 0 Å². The maximum Gasteiger partial charge on any atom is 0.407 e. The second-order valence-corrected chi connectivity index (χ2v) is 6.03. The molecule has 1 amide bonds. The zero-order chi connectivity index (χ0) is 19.6. The van der Waals surface area contributed by atoms with E-state index in [4.69, 9.17) is 5.11 Å². The summed E-state index contributed by atoms with van der Waals surface area (Å²) < 4.78 is 16.7. The molecule has 3 aromatic heterocycles. The predicted molar refractivity (Wildman–Crippen MR) is 101 cm³/mol. The van der Waals surface area contributed by atoms with E-state index in [1.165, 1.54) is 4.90 Å². The number of carboxylic acid groups (broad SMARTS) is 1. The van der Waals surface area contributed by atoms with Gasteiger partial charge < -0.3 is 19.9 Å². The number of hydrogen-bond acceptors (Lipinski definition) is 4. The van der Waals surface area contributed by atoms with Gasteiger partial charge in [-0.1, -0.05) is 13.8 Å². The van der Waals surface area contributed by atoms with E-state index in [0.29, 0.717) is 48.5 Å². The summed E-state index contributed by atoms with van der Waals surface area (Å²) in [5, 5.41) is 13.6. The van der Waals surface area contributed by atoms with Crippen molar-refractivity contribution in [2.75, 3.05) is 31.1 Å². The molecule has 0 radical (unpaired) electrons. The van der Waals surface area contributed by atoms with Crippen LogP contribution in [0.5, 0.6) is 0 Å². The zero-order valence-corrected chi connectivity index (χ0v) is 15.6. The summed E-state index contributed by atoms with van der Waals surface area (Å²) in [5.41, 5.74) is 2.19. The summed E-state index contributed by atoms with van der Waals surface area (Å²) in [6.07, 6.45) is 4.04. The third-order valence-corrected chi connectivity index (χ3v) is 4.50. The first-order chi connectivity index (χ1) is 13.0. The number of pyridine rings is 1. The maximum atomic E-state index is 15.1. The van der Waals surface area contributed by atoms with E-state index in [2.05, 4.69) is 15.1 Å². The molecule has 1 saturated heterocycles. The maximum absolute atomic E-state index is 15.1. The van der Waals surface area contributed by atoms with Gasteiger partial charge in [-0.05, 0) is 6.07 Å². The largest absolute Gasteiger partial charge is 0.465 e. The van der Waals surface area contributed by atoms with Gasteiger partial charge in [0, 0.05) is 51.2 Å². The van der Waals surface area contributed by atoms with Gasteiger partial charge >= 0.3 is 6.09 Å². The number of nitrogens with zero attached hydrogens (tertiary/aromatic N) is 5. The van der Waals surface area contributed by atoms with Crippen LogP contribution in [-0.2, 0) is 7.05 Å². The molecule has 4 rings (SSSR count). The summed E-state index contributed by atoms with van der Waals surface area (Å²) in [4.78, 5) is 21.7. The Bertz CT molecular complexity index is 943. The number of aromatic nitrogens is 4. The minimum absolute atomic E-state index is 0.354. The standard InChI is InChI=1S/C16H17FN6O2.C2H6/c1-21-9-10(8-19-21)14-13(17)12-11(2-3-18-15(12)20-14)22-4-6-23(7-5-22)16(24)25;1-2/h2-3,8-9H,4-7H2,1H3,(H,18,20)(H,24,25);1-2H3. The molecule has 2 N–H and O–H groups in total. The number of carbonyl (C=O) groups is 1. The Morgan fingerprint density at radius 2 is 1.96 bits per heavy atom. The number of aromatic amines is 1. The van der Waals surface area contributed by atoms with E-state index >= 15 is 4.39 Å². The Balaban J connectivity index is 0.00000102. The van der Waals surface area contributed by atoms with Crippen LogP contribution in [0, 0.1) is 5.82 Å². The molecule has 9 heteroatoms. The normalized spacial score (nSPS) is 14.2. The fourth-order valence-electron chi connectivity index (χ4n) is 3.21. The number of piperazine rings is 1. The van der Waals surface area contributed by atoms with Crippen molar-refractivity contribution in [1.29, 1.82) is 0 Å². The van der Waals surface area contributed by atoms with Crippen LogP contribution in [0.3, 0.4) is 0 Å². The van der Waals surface area contributed by atoms with Gasteiger partial charge in [-0.3, -0.25) is 4.68 Å². The van der Waals surface area contributed by atoms with Crippen LogP contribution in [-0.4, -0.2) is 62.0 Å². The minimum Gasteiger partial charge on any atom is -0.465 e. The minimum atomic E-state index is -0.925. The first kappa shape index (κ1) is 18.7. The van der Waals surface area contributed by atoms with Crippen LogP contribution < -0.4 is 4.90 Å². The molecule has 144 valence electrons. The number of hydrogen-bond donors (Lipinski definition) is 2. The smallest absolute Gasteiger partial charge is 0.407 e. The summed E-state index contributed by atoms with van der Waals surface area (Å²) in [5.74, 6) is -0.369. The summed E-state index contributed by atoms with van der Waals surface area (Å²) in [7, 11) is 1.77. The molecule has 1 aliphatic heterocycles. The van der Waals surface area contributed by atoms with Crippen LogP contribution in [0.15, 0.2) is 24.7 Å². The van der Waals surface area contributed by atoms with E-state index in [-0.39, 0.29) is 5.82 Å². The predicted octanol–water partition coefficient (Wildman–Crippen LogP) is 2.93. The van der Waals surface area contributed by atoms with Crippen molar-refractivity contribution in [3.8, 4) is 11.3 Å². The van der Waals surface area contributed by atoms with Crippen molar-refractivity contribution in [3.05, 3.63) is 30.5 Å². The molecule has 4 heterocycles. The average molecular weight is 374 g/mol. The lowest BCUT2D eigenvalue weighted by Crippen LogP contribution is -2.48. The lowest BCUT2D eigenvalue weighted by molar-refractivity contribution is 0.142. The van der Waals surface area contributed by atoms with Gasteiger partial charge in [0.1, 0.15) is 5.65 Å². The molecule has 27 heavy (non-hydrogen) atoms. The van der Waals surface area contributed by atoms with E-state index < -0.39 is 6.09 Å². The number of aryl methyl sites for hydroxylation is 1. The van der Waals surface area contributed by atoms with Crippen LogP contribution in [0.4, 0.5) is 14.9 Å². The molecule has 0 atom stereocenters. The molecule has 0 bridgehead atoms. The lowest BCUT2D eigenvalue weighted by Gasteiger charge is -2.34. The van der Waals surface area contributed by atoms with E-state index in [9.17, 15) is 4.79 Å². The lowest BCUT2D eigenvalue weighted by atomic mass is 10.2. The molecule has 8 nitrogen and oxygen atoms in total. The third-order valence-electron chi connectivity index (χ3n) is 4.50. The van der Waals surface area contributed by atoms with Crippen molar-refractivity contribution in [2.45, 2.75) is 13.8 Å². The second-order valence-electron chi connectivity index (χ2n) is 6.03. The van der Waals surface area contributed by atoms with Crippen LogP contribution >= 0.6 is 0 Å². The Morgan fingerprint density at radius 3 is 2.56 bits per heavy atom. The monoisotopic (exact) mass is 374 g/mol. The molecule has 1 aliphatic rings. The molecule has 3 aromatic rings. The molecular weight excluding hydrogens is 351 g/mol. The first-order valence-corrected chi connectivity index (χ1v) is 8.92. The number of halogens is 1. The van der Waals surface area contributed by atoms with Crippen molar-refractivity contribution in [1.82, 2.24) is 24.6 Å². The van der Waals surface area contributed by atoms with E-state index in [1.807, 2.05) is 18.7 Å². The number of H-pyrrole nitrogens is 1. The van der Waals surface area contributed by atoms with Crippen LogP contribution in [0.2, 0.25) is 0 Å². The number of fused-ring (bicyclic) bond motifs is 1. The second kappa shape index (κ2) is 7.65. The SMILES string of the molecule is CC.Cn1cc(-c2[nH]c3nccc(N4CCN(C(=O)O)CC4)c3c2F)cn1. The molecule has 1 fully saturated rings. The van der Waals surface area contributed by atoms with Crippen LogP contribution in [0.25, 0.3) is 22.3 Å². The Labute approximate surface area is 156 Å². The highest BCUT2D eigenvalue weighted by Gasteiger charge is 2.25. The molecule has 0 unspecified atom stereocenters. The van der Waals surface area contributed by atoms with E-state index in [0.717, 1.165) is 5.69 Å². The fourth-order valence-corrected chi connectivity index (χ4v) is 3.21. The fraction of sp³-hybridized carbons (Fsp3) is 0.389. The van der Waals surface area contributed by atoms with Crippen molar-refractivity contribution < 1.29 is 14.3 Å². The highest BCUT2D eigenvalue weighted by atomic mass is 19.1. The summed E-state index contributed by atoms with van der Waals surface area (Å²) >= 11 is 0. The number of rotatable bonds is 2. The number of anilines is 1. The van der Waals surface area contributed by atoms with Crippen molar-refractivity contribution in [3.63, 3.8) is 0 Å². The highest BCUT2D eigenvalue weighted by molar-refractivity contribution is 5.94. The zero-order valence-electron chi connectivity index (χ0n) is 15.6. The molecule has 0 aromatic carbocycles. The topological polar surface area (TPSA) is 90.3 Å². The quantitative estimate of drug-likeness (QED) is 0.720. The highest BCUT2D eigenvalue weighted by Crippen LogP contribution is 2.34. The van der Waals surface area contributed by atoms with Gasteiger partial charge in [0.05, 0.1) is 23.0 Å². The molecule has 0 saturated carbocycles. The molecular formula is C18H23FN6O2. The van der Waals surface area contributed by atoms with Gasteiger partial charge in [-0.2, -0.15) is 5.10 Å². The Kier molecular flexibility index (Phi) is 5.29. The molecule has 0 aliphatic carbocycles.